The van der Waals surface area contributed by atoms with E-state index in [0.717, 1.165) is 25.2 Å². The first-order valence-electron chi connectivity index (χ1n) is 10.7. The number of urea groups is 1. The standard InChI is InChI=1S/C22H33N5O2/c1-14(2)9-10-25-20(28)18-19(24(5)22(25)29)23-21-26(12-16(4)13-27(18)21)17-8-6-7-15(3)11-17/h6-8,11,14,16,18-19,21,23H,9-10,12-13H2,1-5H3. The highest BCUT2D eigenvalue weighted by atomic mass is 16.2. The zero-order valence-corrected chi connectivity index (χ0v) is 18.1. The van der Waals surface area contributed by atoms with Crippen molar-refractivity contribution in [3.63, 3.8) is 0 Å². The number of carbonyl (C=O) groups excluding carboxylic acids is 2. The highest BCUT2D eigenvalue weighted by Crippen LogP contribution is 2.34. The van der Waals surface area contributed by atoms with Crippen LogP contribution in [0, 0.1) is 18.8 Å². The lowest BCUT2D eigenvalue weighted by Gasteiger charge is -2.46. The first-order chi connectivity index (χ1) is 13.8. The van der Waals surface area contributed by atoms with E-state index in [-0.39, 0.29) is 30.4 Å². The summed E-state index contributed by atoms with van der Waals surface area (Å²) in [6, 6.07) is 7.94. The van der Waals surface area contributed by atoms with Crippen molar-refractivity contribution in [2.75, 3.05) is 31.6 Å². The van der Waals surface area contributed by atoms with Gasteiger partial charge in [0.25, 0.3) is 5.91 Å². The molecule has 1 aromatic carbocycles. The maximum absolute atomic E-state index is 13.4. The Morgan fingerprint density at radius 2 is 1.97 bits per heavy atom. The van der Waals surface area contributed by atoms with Crippen LogP contribution in [-0.4, -0.2) is 71.8 Å². The van der Waals surface area contributed by atoms with E-state index in [2.05, 4.69) is 67.1 Å². The van der Waals surface area contributed by atoms with Crippen LogP contribution >= 0.6 is 0 Å². The number of likely N-dealkylation sites (N-methyl/N-ethyl adjacent to an activating group) is 1. The van der Waals surface area contributed by atoms with Crippen molar-refractivity contribution in [3.8, 4) is 0 Å². The summed E-state index contributed by atoms with van der Waals surface area (Å²) >= 11 is 0. The molecular formula is C22H33N5O2. The minimum atomic E-state index is -0.343. The number of anilines is 1. The lowest BCUT2D eigenvalue weighted by Crippen LogP contribution is -2.66. The second kappa shape index (κ2) is 7.61. The molecule has 1 aromatic rings. The molecular weight excluding hydrogens is 366 g/mol. The van der Waals surface area contributed by atoms with Gasteiger partial charge >= 0.3 is 6.03 Å². The number of nitrogens with one attached hydrogen (secondary N) is 1. The number of carbonyl (C=O) groups is 2. The van der Waals surface area contributed by atoms with Gasteiger partial charge in [-0.2, -0.15) is 0 Å². The predicted molar refractivity (Wildman–Crippen MR) is 113 cm³/mol. The van der Waals surface area contributed by atoms with Crippen molar-refractivity contribution in [2.45, 2.75) is 52.6 Å². The Kier molecular flexibility index (Phi) is 5.29. The maximum Gasteiger partial charge on any atom is 0.327 e. The summed E-state index contributed by atoms with van der Waals surface area (Å²) in [5, 5.41) is 3.59. The van der Waals surface area contributed by atoms with Crippen molar-refractivity contribution < 1.29 is 9.59 Å². The van der Waals surface area contributed by atoms with Crippen molar-refractivity contribution in [1.82, 2.24) is 20.0 Å². The molecule has 3 fully saturated rings. The predicted octanol–water partition coefficient (Wildman–Crippen LogP) is 2.27. The molecule has 4 atom stereocenters. The van der Waals surface area contributed by atoms with E-state index in [0.29, 0.717) is 18.4 Å². The number of imide groups is 1. The highest BCUT2D eigenvalue weighted by molar-refractivity contribution is 6.00. The van der Waals surface area contributed by atoms with E-state index in [9.17, 15) is 9.59 Å². The fraction of sp³-hybridized carbons (Fsp3) is 0.636. The van der Waals surface area contributed by atoms with E-state index in [4.69, 9.17) is 0 Å². The van der Waals surface area contributed by atoms with Gasteiger partial charge in [-0.3, -0.25) is 19.9 Å². The van der Waals surface area contributed by atoms with Crippen LogP contribution in [0.3, 0.4) is 0 Å². The largest absolute Gasteiger partial charge is 0.343 e. The molecule has 7 heteroatoms. The number of hydrogen-bond donors (Lipinski definition) is 1. The molecule has 3 saturated heterocycles. The van der Waals surface area contributed by atoms with Crippen molar-refractivity contribution >= 4 is 17.6 Å². The molecule has 3 amide bonds. The van der Waals surface area contributed by atoms with Crippen molar-refractivity contribution in [1.29, 1.82) is 0 Å². The molecule has 158 valence electrons. The van der Waals surface area contributed by atoms with Crippen LogP contribution in [0.4, 0.5) is 10.5 Å². The lowest BCUT2D eigenvalue weighted by atomic mass is 10.0. The van der Waals surface area contributed by atoms with Crippen LogP contribution in [0.25, 0.3) is 0 Å². The van der Waals surface area contributed by atoms with Crippen LogP contribution in [0.1, 0.15) is 32.8 Å². The summed E-state index contributed by atoms with van der Waals surface area (Å²) in [7, 11) is 1.81. The van der Waals surface area contributed by atoms with E-state index in [1.807, 2.05) is 0 Å². The van der Waals surface area contributed by atoms with Gasteiger partial charge in [0.1, 0.15) is 18.5 Å². The Hall–Kier alpha value is -2.12. The third-order valence-electron chi connectivity index (χ3n) is 6.35. The molecule has 0 radical (unpaired) electrons. The van der Waals surface area contributed by atoms with Crippen LogP contribution < -0.4 is 10.2 Å². The Morgan fingerprint density at radius 1 is 1.21 bits per heavy atom. The molecule has 0 saturated carbocycles. The van der Waals surface area contributed by atoms with Crippen LogP contribution in [0.2, 0.25) is 0 Å². The Balaban J connectivity index is 1.64. The van der Waals surface area contributed by atoms with Crippen LogP contribution in [0.5, 0.6) is 0 Å². The molecule has 7 nitrogen and oxygen atoms in total. The number of hydrogen-bond acceptors (Lipinski definition) is 5. The van der Waals surface area contributed by atoms with Gasteiger partial charge < -0.3 is 9.80 Å². The van der Waals surface area contributed by atoms with E-state index in [1.54, 1.807) is 11.9 Å². The summed E-state index contributed by atoms with van der Waals surface area (Å²) in [6.07, 6.45) is 0.436. The average molecular weight is 400 g/mol. The number of nitrogens with zero attached hydrogens (tertiary/aromatic N) is 4. The van der Waals surface area contributed by atoms with Gasteiger partial charge in [-0.05, 0) is 42.9 Å². The monoisotopic (exact) mass is 399 g/mol. The minimum absolute atomic E-state index is 0.0629. The molecule has 0 aromatic heterocycles. The highest BCUT2D eigenvalue weighted by Gasteiger charge is 2.56. The molecule has 4 unspecified atom stereocenters. The first kappa shape index (κ1) is 20.2. The number of amides is 3. The van der Waals surface area contributed by atoms with Gasteiger partial charge in [0.05, 0.1) is 0 Å². The van der Waals surface area contributed by atoms with E-state index in [1.165, 1.54) is 10.5 Å². The zero-order valence-electron chi connectivity index (χ0n) is 18.1. The van der Waals surface area contributed by atoms with Crippen molar-refractivity contribution in [2.24, 2.45) is 11.8 Å². The summed E-state index contributed by atoms with van der Waals surface area (Å²) in [6.45, 7) is 10.8. The summed E-state index contributed by atoms with van der Waals surface area (Å²) in [4.78, 5) is 34.1. The summed E-state index contributed by atoms with van der Waals surface area (Å²) < 4.78 is 0. The lowest BCUT2D eigenvalue weighted by molar-refractivity contribution is -0.139. The maximum atomic E-state index is 13.4. The van der Waals surface area contributed by atoms with Gasteiger partial charge in [-0.15, -0.1) is 0 Å². The minimum Gasteiger partial charge on any atom is -0.343 e. The molecule has 29 heavy (non-hydrogen) atoms. The summed E-state index contributed by atoms with van der Waals surface area (Å²) in [5.41, 5.74) is 2.36. The van der Waals surface area contributed by atoms with Gasteiger partial charge in [-0.1, -0.05) is 32.9 Å². The Labute approximate surface area is 173 Å². The van der Waals surface area contributed by atoms with E-state index < -0.39 is 0 Å². The van der Waals surface area contributed by atoms with Gasteiger partial charge in [0.15, 0.2) is 0 Å². The van der Waals surface area contributed by atoms with Crippen molar-refractivity contribution in [3.05, 3.63) is 29.8 Å². The fourth-order valence-electron chi connectivity index (χ4n) is 4.82. The second-order valence-corrected chi connectivity index (χ2v) is 9.29. The molecule has 0 bridgehead atoms. The third kappa shape index (κ3) is 3.51. The van der Waals surface area contributed by atoms with Crippen LogP contribution in [0.15, 0.2) is 24.3 Å². The first-order valence-corrected chi connectivity index (χ1v) is 10.7. The smallest absolute Gasteiger partial charge is 0.327 e. The molecule has 0 aliphatic carbocycles. The number of aryl methyl sites for hydroxylation is 1. The fourth-order valence-corrected chi connectivity index (χ4v) is 4.82. The molecule has 3 heterocycles. The third-order valence-corrected chi connectivity index (χ3v) is 6.35. The molecule has 1 N–H and O–H groups in total. The molecule has 3 aliphatic heterocycles. The second-order valence-electron chi connectivity index (χ2n) is 9.29. The van der Waals surface area contributed by atoms with E-state index >= 15 is 0 Å². The number of fused-ring (bicyclic) bond motifs is 3. The molecule has 0 spiro atoms. The SMILES string of the molecule is Cc1cccc(N2CC(C)CN3C4C(=O)N(CCC(C)C)C(=O)N(C)C4NC23)c1. The molecule has 3 aliphatic rings. The number of rotatable bonds is 4. The zero-order chi connectivity index (χ0) is 20.9. The quantitative estimate of drug-likeness (QED) is 0.842. The Bertz CT molecular complexity index is 797. The van der Waals surface area contributed by atoms with Gasteiger partial charge in [0, 0.05) is 32.4 Å². The van der Waals surface area contributed by atoms with Gasteiger partial charge in [-0.25, -0.2) is 4.79 Å². The number of benzene rings is 1. The molecule has 4 rings (SSSR count). The Morgan fingerprint density at radius 3 is 2.66 bits per heavy atom. The normalized spacial score (nSPS) is 30.2. The average Bonchev–Trinajstić information content (AvgIpc) is 3.05. The van der Waals surface area contributed by atoms with Gasteiger partial charge in [0.2, 0.25) is 0 Å². The van der Waals surface area contributed by atoms with Crippen LogP contribution in [-0.2, 0) is 4.79 Å². The summed E-state index contributed by atoms with van der Waals surface area (Å²) in [5.74, 6) is 0.805. The topological polar surface area (TPSA) is 59.1 Å².